The van der Waals surface area contributed by atoms with Crippen molar-refractivity contribution in [1.82, 2.24) is 9.88 Å². The van der Waals surface area contributed by atoms with E-state index in [0.29, 0.717) is 39.1 Å². The van der Waals surface area contributed by atoms with E-state index in [9.17, 15) is 9.59 Å². The van der Waals surface area contributed by atoms with E-state index in [1.807, 2.05) is 35.9 Å². The van der Waals surface area contributed by atoms with Crippen molar-refractivity contribution in [1.29, 1.82) is 0 Å². The lowest BCUT2D eigenvalue weighted by molar-refractivity contribution is 0.0880. The van der Waals surface area contributed by atoms with Crippen LogP contribution in [0.4, 0.5) is 0 Å². The number of carbonyl (C=O) groups excluding carboxylic acids is 2. The van der Waals surface area contributed by atoms with E-state index in [1.54, 1.807) is 13.2 Å². The molecule has 146 valence electrons. The lowest BCUT2D eigenvalue weighted by atomic mass is 9.93. The van der Waals surface area contributed by atoms with Crippen molar-refractivity contribution < 1.29 is 23.8 Å². The number of imide groups is 1. The van der Waals surface area contributed by atoms with Gasteiger partial charge in [0.2, 0.25) is 5.75 Å². The number of nitrogens with zero attached hydrogens (tertiary/aromatic N) is 1. The van der Waals surface area contributed by atoms with Gasteiger partial charge in [-0.3, -0.25) is 14.9 Å². The molecule has 1 aliphatic rings. The molecule has 3 aromatic carbocycles. The summed E-state index contributed by atoms with van der Waals surface area (Å²) < 4.78 is 18.8. The van der Waals surface area contributed by atoms with Crippen LogP contribution in [0.2, 0.25) is 0 Å². The van der Waals surface area contributed by atoms with Gasteiger partial charge in [0.05, 0.1) is 43.4 Å². The number of aromatic nitrogens is 1. The zero-order valence-corrected chi connectivity index (χ0v) is 16.4. The summed E-state index contributed by atoms with van der Waals surface area (Å²) in [5, 5.41) is 5.34. The van der Waals surface area contributed by atoms with Gasteiger partial charge in [0.25, 0.3) is 11.8 Å². The molecule has 0 unspecified atom stereocenters. The number of hydrogen-bond acceptors (Lipinski definition) is 5. The molecule has 0 bridgehead atoms. The standard InChI is InChI=1S/C22H18N2O5/c1-24-12-8-6-5-7-10(12)14-17-15(21(25)23-22(17)26)11-9-13(27-2)19(28-3)20(29-4)16(11)18(14)24/h5-9H,1-4H3,(H,23,25,26). The molecule has 5 rings (SSSR count). The highest BCUT2D eigenvalue weighted by atomic mass is 16.5. The number of fused-ring (bicyclic) bond motifs is 8. The average molecular weight is 390 g/mol. The Morgan fingerprint density at radius 2 is 1.52 bits per heavy atom. The lowest BCUT2D eigenvalue weighted by Crippen LogP contribution is -2.20. The average Bonchev–Trinajstić information content (AvgIpc) is 3.20. The third-order valence-electron chi connectivity index (χ3n) is 5.62. The number of methoxy groups -OCH3 is 3. The number of ether oxygens (including phenoxy) is 3. The molecule has 2 amide bonds. The van der Waals surface area contributed by atoms with E-state index in [-0.39, 0.29) is 0 Å². The monoisotopic (exact) mass is 390 g/mol. The number of rotatable bonds is 3. The molecule has 7 nitrogen and oxygen atoms in total. The van der Waals surface area contributed by atoms with Crippen LogP contribution in [0, 0.1) is 0 Å². The SMILES string of the molecule is COc1cc2c3c(c4c5ccccc5n(C)c4c2c(OC)c1OC)C(=O)NC3=O. The Bertz CT molecular complexity index is 1380. The molecular weight excluding hydrogens is 372 g/mol. The quantitative estimate of drug-likeness (QED) is 0.543. The first-order valence-corrected chi connectivity index (χ1v) is 9.04. The van der Waals surface area contributed by atoms with Crippen LogP contribution in [0.15, 0.2) is 30.3 Å². The molecule has 0 spiro atoms. The molecule has 1 N–H and O–H groups in total. The number of amides is 2. The summed E-state index contributed by atoms with van der Waals surface area (Å²) in [4.78, 5) is 25.6. The maximum Gasteiger partial charge on any atom is 0.259 e. The van der Waals surface area contributed by atoms with Crippen molar-refractivity contribution in [2.24, 2.45) is 7.05 Å². The molecule has 0 saturated heterocycles. The fourth-order valence-corrected chi connectivity index (χ4v) is 4.48. The Morgan fingerprint density at radius 3 is 2.21 bits per heavy atom. The second-order valence-corrected chi connectivity index (χ2v) is 6.90. The molecule has 7 heteroatoms. The molecule has 0 aliphatic carbocycles. The number of carbonyl (C=O) groups is 2. The van der Waals surface area contributed by atoms with Gasteiger partial charge >= 0.3 is 0 Å². The predicted molar refractivity (Wildman–Crippen MR) is 109 cm³/mol. The summed E-state index contributed by atoms with van der Waals surface area (Å²) in [6.07, 6.45) is 0. The Balaban J connectivity index is 2.20. The predicted octanol–water partition coefficient (Wildman–Crippen LogP) is 3.39. The third-order valence-corrected chi connectivity index (χ3v) is 5.62. The van der Waals surface area contributed by atoms with Crippen molar-refractivity contribution in [3.63, 3.8) is 0 Å². The maximum atomic E-state index is 12.8. The molecule has 2 heterocycles. The first-order valence-electron chi connectivity index (χ1n) is 9.04. The fourth-order valence-electron chi connectivity index (χ4n) is 4.48. The third kappa shape index (κ3) is 2.01. The van der Waals surface area contributed by atoms with Crippen LogP contribution in [0.5, 0.6) is 17.2 Å². The summed E-state index contributed by atoms with van der Waals surface area (Å²) in [5.41, 5.74) is 2.44. The first kappa shape index (κ1) is 17.4. The van der Waals surface area contributed by atoms with E-state index in [4.69, 9.17) is 14.2 Å². The van der Waals surface area contributed by atoms with E-state index in [2.05, 4.69) is 5.32 Å². The summed E-state index contributed by atoms with van der Waals surface area (Å²) in [7, 11) is 6.53. The summed E-state index contributed by atoms with van der Waals surface area (Å²) in [5.74, 6) is 0.469. The largest absolute Gasteiger partial charge is 0.493 e. The van der Waals surface area contributed by atoms with E-state index >= 15 is 0 Å². The highest BCUT2D eigenvalue weighted by Gasteiger charge is 2.36. The van der Waals surface area contributed by atoms with Crippen molar-refractivity contribution in [2.75, 3.05) is 21.3 Å². The van der Waals surface area contributed by atoms with Crippen molar-refractivity contribution in [3.8, 4) is 17.2 Å². The molecular formula is C22H18N2O5. The number of hydrogen-bond donors (Lipinski definition) is 1. The van der Waals surface area contributed by atoms with E-state index in [0.717, 1.165) is 21.8 Å². The topological polar surface area (TPSA) is 78.8 Å². The summed E-state index contributed by atoms with van der Waals surface area (Å²) >= 11 is 0. The van der Waals surface area contributed by atoms with Gasteiger partial charge in [-0.05, 0) is 12.1 Å². The second-order valence-electron chi connectivity index (χ2n) is 6.90. The fraction of sp³-hybridized carbons (Fsp3) is 0.182. The van der Waals surface area contributed by atoms with Crippen LogP contribution in [-0.2, 0) is 7.05 Å². The van der Waals surface area contributed by atoms with Gasteiger partial charge in [-0.2, -0.15) is 0 Å². The van der Waals surface area contributed by atoms with Crippen LogP contribution in [-0.4, -0.2) is 37.7 Å². The number of para-hydroxylation sites is 1. The van der Waals surface area contributed by atoms with Gasteiger partial charge in [0.15, 0.2) is 11.5 Å². The molecule has 0 radical (unpaired) electrons. The highest BCUT2D eigenvalue weighted by molar-refractivity contribution is 6.37. The second kappa shape index (κ2) is 5.88. The smallest absolute Gasteiger partial charge is 0.259 e. The van der Waals surface area contributed by atoms with Crippen molar-refractivity contribution in [2.45, 2.75) is 0 Å². The highest BCUT2D eigenvalue weighted by Crippen LogP contribution is 2.50. The molecule has 0 fully saturated rings. The van der Waals surface area contributed by atoms with Crippen LogP contribution < -0.4 is 19.5 Å². The van der Waals surface area contributed by atoms with Gasteiger partial charge in [0.1, 0.15) is 0 Å². The molecule has 0 saturated carbocycles. The zero-order chi connectivity index (χ0) is 20.4. The lowest BCUT2D eigenvalue weighted by Gasteiger charge is -2.17. The Morgan fingerprint density at radius 1 is 0.828 bits per heavy atom. The van der Waals surface area contributed by atoms with Gasteiger partial charge in [0, 0.05) is 28.7 Å². The number of benzene rings is 3. The van der Waals surface area contributed by atoms with Crippen LogP contribution in [0.25, 0.3) is 32.6 Å². The van der Waals surface area contributed by atoms with Crippen LogP contribution in [0.1, 0.15) is 20.7 Å². The van der Waals surface area contributed by atoms with E-state index in [1.165, 1.54) is 14.2 Å². The maximum absolute atomic E-state index is 12.8. The zero-order valence-electron chi connectivity index (χ0n) is 16.4. The molecule has 29 heavy (non-hydrogen) atoms. The van der Waals surface area contributed by atoms with Crippen molar-refractivity contribution in [3.05, 3.63) is 41.5 Å². The molecule has 1 aliphatic heterocycles. The van der Waals surface area contributed by atoms with Crippen molar-refractivity contribution >= 4 is 44.4 Å². The van der Waals surface area contributed by atoms with Crippen LogP contribution >= 0.6 is 0 Å². The minimum absolute atomic E-state index is 0.327. The first-order chi connectivity index (χ1) is 14.0. The Labute approximate surface area is 165 Å². The van der Waals surface area contributed by atoms with Gasteiger partial charge in [-0.1, -0.05) is 18.2 Å². The van der Waals surface area contributed by atoms with Gasteiger partial charge in [-0.25, -0.2) is 0 Å². The Hall–Kier alpha value is -3.74. The summed E-state index contributed by atoms with van der Waals surface area (Å²) in [6, 6.07) is 9.52. The normalized spacial score (nSPS) is 13.2. The molecule has 1 aromatic heterocycles. The Kier molecular flexibility index (Phi) is 3.52. The summed E-state index contributed by atoms with van der Waals surface area (Å²) in [6.45, 7) is 0. The van der Waals surface area contributed by atoms with Gasteiger partial charge in [-0.15, -0.1) is 0 Å². The van der Waals surface area contributed by atoms with Gasteiger partial charge < -0.3 is 18.8 Å². The number of nitrogens with one attached hydrogen (secondary N) is 1. The van der Waals surface area contributed by atoms with Crippen LogP contribution in [0.3, 0.4) is 0 Å². The minimum Gasteiger partial charge on any atom is -0.493 e. The molecule has 0 atom stereocenters. The number of aryl methyl sites for hydroxylation is 1. The minimum atomic E-state index is -0.431. The molecule has 4 aromatic rings. The van der Waals surface area contributed by atoms with E-state index < -0.39 is 11.8 Å².